The molecule has 2 saturated carbocycles. The van der Waals surface area contributed by atoms with Crippen LogP contribution in [-0.2, 0) is 34.0 Å². The fraction of sp³-hybridized carbons (Fsp3) is 0.733. The average molecular weight is 670 g/mol. The molecule has 44 heavy (non-hydrogen) atoms. The third kappa shape index (κ3) is 8.34. The zero-order chi connectivity index (χ0) is 31.3. The Kier molecular flexibility index (Phi) is 10.9. The van der Waals surface area contributed by atoms with Crippen molar-refractivity contribution in [2.45, 2.75) is 106 Å². The van der Waals surface area contributed by atoms with Gasteiger partial charge in [0, 0.05) is 30.4 Å². The second-order valence-electron chi connectivity index (χ2n) is 12.5. The SMILES string of the molecule is O=C(OCC(=O)N(C1CCCCC1)C1CCS(=O)(=O)C1)c1cccnc1SCC(=O)N(C1CCCCC1)C1CCS(=O)(=O)C1. The number of sulfone groups is 2. The molecule has 2 atom stereocenters. The summed E-state index contributed by atoms with van der Waals surface area (Å²) in [5, 5.41) is 0.298. The zero-order valence-electron chi connectivity index (χ0n) is 25.1. The number of thioether (sulfide) groups is 1. The van der Waals surface area contributed by atoms with Gasteiger partial charge in [-0.25, -0.2) is 26.6 Å². The number of pyridine rings is 1. The van der Waals surface area contributed by atoms with Crippen molar-refractivity contribution in [3.05, 3.63) is 23.9 Å². The van der Waals surface area contributed by atoms with Crippen LogP contribution in [0.25, 0.3) is 0 Å². The van der Waals surface area contributed by atoms with Gasteiger partial charge in [0.1, 0.15) is 5.03 Å². The van der Waals surface area contributed by atoms with E-state index in [-0.39, 0.29) is 58.4 Å². The third-order valence-electron chi connectivity index (χ3n) is 9.37. The largest absolute Gasteiger partial charge is 0.452 e. The quantitative estimate of drug-likeness (QED) is 0.269. The summed E-state index contributed by atoms with van der Waals surface area (Å²) in [6.07, 6.45) is 11.8. The van der Waals surface area contributed by atoms with Gasteiger partial charge in [0.2, 0.25) is 5.91 Å². The van der Waals surface area contributed by atoms with Crippen LogP contribution in [0, 0.1) is 0 Å². The van der Waals surface area contributed by atoms with Crippen LogP contribution >= 0.6 is 11.8 Å². The Hall–Kier alpha value is -2.19. The van der Waals surface area contributed by atoms with Gasteiger partial charge in [-0.05, 0) is 50.7 Å². The molecule has 0 spiro atoms. The maximum absolute atomic E-state index is 13.6. The van der Waals surface area contributed by atoms with E-state index < -0.39 is 44.2 Å². The van der Waals surface area contributed by atoms with Gasteiger partial charge >= 0.3 is 5.97 Å². The number of nitrogens with zero attached hydrogens (tertiary/aromatic N) is 3. The highest BCUT2D eigenvalue weighted by molar-refractivity contribution is 8.00. The van der Waals surface area contributed by atoms with Crippen molar-refractivity contribution < 1.29 is 36.0 Å². The lowest BCUT2D eigenvalue weighted by molar-refractivity contribution is -0.140. The predicted molar refractivity (Wildman–Crippen MR) is 167 cm³/mol. The Balaban J connectivity index is 1.23. The van der Waals surface area contributed by atoms with E-state index >= 15 is 0 Å². The van der Waals surface area contributed by atoms with Crippen LogP contribution in [0.4, 0.5) is 0 Å². The van der Waals surface area contributed by atoms with Gasteiger partial charge in [-0.15, -0.1) is 0 Å². The molecule has 2 unspecified atom stereocenters. The first-order valence-electron chi connectivity index (χ1n) is 15.8. The molecule has 4 fully saturated rings. The molecule has 0 bridgehead atoms. The summed E-state index contributed by atoms with van der Waals surface area (Å²) < 4.78 is 54.3. The average Bonchev–Trinajstić information content (AvgIpc) is 3.56. The van der Waals surface area contributed by atoms with Crippen LogP contribution in [-0.4, -0.2) is 109 Å². The topological polar surface area (TPSA) is 148 Å². The molecule has 2 aliphatic heterocycles. The van der Waals surface area contributed by atoms with E-state index in [0.29, 0.717) is 17.9 Å². The standard InChI is InChI=1S/C30H43N3O8S3/c34-27(32(22-8-3-1-4-9-22)24-13-16-43(37,38)20-24)18-41-30(36)26-12-7-15-31-29(26)42-19-28(35)33(23-10-5-2-6-11-23)25-14-17-44(39,40)21-25/h7,12,15,22-25H,1-6,8-11,13-14,16-21H2. The molecule has 0 radical (unpaired) electrons. The second-order valence-corrected chi connectivity index (χ2v) is 17.9. The van der Waals surface area contributed by atoms with Crippen LogP contribution < -0.4 is 0 Å². The van der Waals surface area contributed by atoms with Crippen molar-refractivity contribution >= 4 is 49.2 Å². The summed E-state index contributed by atoms with van der Waals surface area (Å²) in [5.74, 6) is -1.24. The lowest BCUT2D eigenvalue weighted by atomic mass is 9.93. The summed E-state index contributed by atoms with van der Waals surface area (Å²) in [6, 6.07) is 2.32. The van der Waals surface area contributed by atoms with Gasteiger partial charge in [0.15, 0.2) is 26.3 Å². The van der Waals surface area contributed by atoms with Gasteiger partial charge < -0.3 is 14.5 Å². The van der Waals surface area contributed by atoms with E-state index in [4.69, 9.17) is 4.74 Å². The molecule has 14 heteroatoms. The van der Waals surface area contributed by atoms with E-state index in [1.54, 1.807) is 15.9 Å². The van der Waals surface area contributed by atoms with E-state index in [1.807, 2.05) is 0 Å². The van der Waals surface area contributed by atoms with E-state index in [0.717, 1.165) is 76.0 Å². The summed E-state index contributed by atoms with van der Waals surface area (Å²) in [7, 11) is -6.38. The van der Waals surface area contributed by atoms with Crippen molar-refractivity contribution in [3.63, 3.8) is 0 Å². The van der Waals surface area contributed by atoms with Crippen molar-refractivity contribution in [1.29, 1.82) is 0 Å². The Morgan fingerprint density at radius 1 is 0.750 bits per heavy atom. The lowest BCUT2D eigenvalue weighted by Gasteiger charge is -2.38. The number of carbonyl (C=O) groups excluding carboxylic acids is 3. The minimum Gasteiger partial charge on any atom is -0.452 e. The van der Waals surface area contributed by atoms with Crippen LogP contribution in [0.1, 0.15) is 87.4 Å². The van der Waals surface area contributed by atoms with Crippen molar-refractivity contribution in [3.8, 4) is 0 Å². The molecular formula is C30H43N3O8S3. The zero-order valence-corrected chi connectivity index (χ0v) is 27.6. The summed E-state index contributed by atoms with van der Waals surface area (Å²) in [6.45, 7) is -0.505. The molecule has 3 heterocycles. The van der Waals surface area contributed by atoms with E-state index in [2.05, 4.69) is 4.98 Å². The Morgan fingerprint density at radius 2 is 1.27 bits per heavy atom. The Bertz CT molecular complexity index is 1420. The molecule has 2 amide bonds. The molecule has 11 nitrogen and oxygen atoms in total. The first kappa shape index (κ1) is 33.2. The number of ether oxygens (including phenoxy) is 1. The molecule has 244 valence electrons. The molecule has 4 aliphatic rings. The normalized spacial score (nSPS) is 25.4. The predicted octanol–water partition coefficient (Wildman–Crippen LogP) is 3.03. The number of hydrogen-bond donors (Lipinski definition) is 0. The van der Waals surface area contributed by atoms with Crippen molar-refractivity contribution in [1.82, 2.24) is 14.8 Å². The van der Waals surface area contributed by atoms with Gasteiger partial charge in [0.25, 0.3) is 5.91 Å². The summed E-state index contributed by atoms with van der Waals surface area (Å²) >= 11 is 1.10. The number of esters is 1. The minimum absolute atomic E-state index is 0.00508. The van der Waals surface area contributed by atoms with Crippen molar-refractivity contribution in [2.24, 2.45) is 0 Å². The third-order valence-corrected chi connectivity index (χ3v) is 13.9. The summed E-state index contributed by atoms with van der Waals surface area (Å²) in [4.78, 5) is 48.0. The smallest absolute Gasteiger partial charge is 0.341 e. The molecule has 0 N–H and O–H groups in total. The fourth-order valence-corrected chi connectivity index (χ4v) is 11.5. The minimum atomic E-state index is -3.20. The van der Waals surface area contributed by atoms with Crippen LogP contribution in [0.2, 0.25) is 0 Å². The number of hydrogen-bond acceptors (Lipinski definition) is 10. The molecule has 0 aromatic carbocycles. The highest BCUT2D eigenvalue weighted by Gasteiger charge is 2.40. The van der Waals surface area contributed by atoms with Crippen LogP contribution in [0.3, 0.4) is 0 Å². The van der Waals surface area contributed by atoms with Crippen LogP contribution in [0.15, 0.2) is 23.4 Å². The first-order chi connectivity index (χ1) is 21.0. The second kappa shape index (κ2) is 14.5. The number of amides is 2. The fourth-order valence-electron chi connectivity index (χ4n) is 7.26. The number of aromatic nitrogens is 1. The summed E-state index contributed by atoms with van der Waals surface area (Å²) in [5.41, 5.74) is 0.137. The van der Waals surface area contributed by atoms with Gasteiger partial charge in [-0.2, -0.15) is 0 Å². The number of carbonyl (C=O) groups is 3. The van der Waals surface area contributed by atoms with Gasteiger partial charge in [-0.3, -0.25) is 9.59 Å². The highest BCUT2D eigenvalue weighted by Crippen LogP contribution is 2.31. The van der Waals surface area contributed by atoms with E-state index in [9.17, 15) is 31.2 Å². The molecular weight excluding hydrogens is 627 g/mol. The molecule has 1 aromatic rings. The molecule has 2 saturated heterocycles. The van der Waals surface area contributed by atoms with Crippen molar-refractivity contribution in [2.75, 3.05) is 35.4 Å². The Morgan fingerprint density at radius 3 is 1.77 bits per heavy atom. The maximum atomic E-state index is 13.6. The highest BCUT2D eigenvalue weighted by atomic mass is 32.2. The first-order valence-corrected chi connectivity index (χ1v) is 20.4. The van der Waals surface area contributed by atoms with Gasteiger partial charge in [-0.1, -0.05) is 50.3 Å². The maximum Gasteiger partial charge on any atom is 0.341 e. The molecule has 5 rings (SSSR count). The lowest BCUT2D eigenvalue weighted by Crippen LogP contribution is -2.50. The van der Waals surface area contributed by atoms with E-state index in [1.165, 1.54) is 12.3 Å². The van der Waals surface area contributed by atoms with Gasteiger partial charge in [0.05, 0.1) is 34.3 Å². The Labute approximate surface area is 264 Å². The molecule has 2 aliphatic carbocycles. The van der Waals surface area contributed by atoms with Crippen LogP contribution in [0.5, 0.6) is 0 Å². The molecule has 1 aromatic heterocycles. The number of rotatable bonds is 10. The monoisotopic (exact) mass is 669 g/mol.